The smallest absolute Gasteiger partial charge is 0.107 e. The molecular formula is C8H9N3S. The Morgan fingerprint density at radius 2 is 2.42 bits per heavy atom. The van der Waals surface area contributed by atoms with E-state index in [9.17, 15) is 0 Å². The number of thiol groups is 1. The van der Waals surface area contributed by atoms with Crippen molar-refractivity contribution in [3.8, 4) is 0 Å². The molecule has 4 heteroatoms. The molecule has 0 amide bonds. The molecule has 0 atom stereocenters. The van der Waals surface area contributed by atoms with Gasteiger partial charge in [0.2, 0.25) is 0 Å². The van der Waals surface area contributed by atoms with Crippen molar-refractivity contribution >= 4 is 24.5 Å². The zero-order valence-electron chi connectivity index (χ0n) is 6.68. The van der Waals surface area contributed by atoms with Gasteiger partial charge in [0.1, 0.15) is 5.69 Å². The van der Waals surface area contributed by atoms with E-state index in [1.54, 1.807) is 30.2 Å². The molecule has 0 spiro atoms. The Labute approximate surface area is 76.7 Å². The van der Waals surface area contributed by atoms with Crippen LogP contribution in [0.4, 0.5) is 0 Å². The van der Waals surface area contributed by atoms with Gasteiger partial charge in [0.25, 0.3) is 0 Å². The van der Waals surface area contributed by atoms with Crippen molar-refractivity contribution in [1.29, 1.82) is 0 Å². The van der Waals surface area contributed by atoms with Crippen LogP contribution in [0.15, 0.2) is 29.0 Å². The third-order valence-electron chi connectivity index (χ3n) is 1.22. The van der Waals surface area contributed by atoms with E-state index in [0.29, 0.717) is 5.70 Å². The molecule has 0 saturated heterocycles. The quantitative estimate of drug-likeness (QED) is 0.555. The van der Waals surface area contributed by atoms with E-state index in [0.717, 1.165) is 5.69 Å². The summed E-state index contributed by atoms with van der Waals surface area (Å²) in [5.74, 6) is 0. The minimum atomic E-state index is 0.717. The number of rotatable bonds is 2. The molecule has 0 aliphatic carbocycles. The Balaban J connectivity index is 2.97. The lowest BCUT2D eigenvalue weighted by Crippen LogP contribution is -1.86. The lowest BCUT2D eigenvalue weighted by atomic mass is 10.4. The van der Waals surface area contributed by atoms with Gasteiger partial charge in [-0.2, -0.15) is 0 Å². The molecule has 0 aliphatic heterocycles. The summed E-state index contributed by atoms with van der Waals surface area (Å²) in [6, 6.07) is 0. The van der Waals surface area contributed by atoms with Gasteiger partial charge in [-0.1, -0.05) is 0 Å². The van der Waals surface area contributed by atoms with Crippen LogP contribution in [-0.2, 0) is 0 Å². The number of aromatic nitrogens is 2. The molecule has 0 fully saturated rings. The van der Waals surface area contributed by atoms with Crippen LogP contribution in [0.2, 0.25) is 0 Å². The first-order valence-corrected chi connectivity index (χ1v) is 3.99. The van der Waals surface area contributed by atoms with Crippen LogP contribution in [0.5, 0.6) is 0 Å². The highest BCUT2D eigenvalue weighted by molar-refractivity contribution is 7.83. The monoisotopic (exact) mass is 179 g/mol. The molecule has 1 heterocycles. The highest BCUT2D eigenvalue weighted by Crippen LogP contribution is 2.11. The van der Waals surface area contributed by atoms with Gasteiger partial charge < -0.3 is 0 Å². The molecule has 0 N–H and O–H groups in total. The SMILES string of the molecule is CC=N/C(=C\S)c1cnccn1. The number of nitrogens with zero attached hydrogens (tertiary/aromatic N) is 3. The molecule has 1 rings (SSSR count). The van der Waals surface area contributed by atoms with E-state index in [-0.39, 0.29) is 0 Å². The fourth-order valence-corrected chi connectivity index (χ4v) is 0.935. The van der Waals surface area contributed by atoms with Gasteiger partial charge in [-0.15, -0.1) is 12.6 Å². The Morgan fingerprint density at radius 1 is 1.58 bits per heavy atom. The summed E-state index contributed by atoms with van der Waals surface area (Å²) >= 11 is 4.02. The number of aliphatic imine (C=N–C) groups is 1. The maximum Gasteiger partial charge on any atom is 0.107 e. The first-order chi connectivity index (χ1) is 5.88. The second-order valence-corrected chi connectivity index (χ2v) is 2.25. The van der Waals surface area contributed by atoms with Crippen LogP contribution in [0.3, 0.4) is 0 Å². The van der Waals surface area contributed by atoms with Gasteiger partial charge in [0, 0.05) is 18.6 Å². The summed E-state index contributed by atoms with van der Waals surface area (Å²) < 4.78 is 0. The topological polar surface area (TPSA) is 38.1 Å². The Kier molecular flexibility index (Phi) is 3.47. The minimum absolute atomic E-state index is 0.717. The molecule has 12 heavy (non-hydrogen) atoms. The van der Waals surface area contributed by atoms with Crippen molar-refractivity contribution in [3.63, 3.8) is 0 Å². The van der Waals surface area contributed by atoms with Crippen LogP contribution in [0.1, 0.15) is 12.6 Å². The van der Waals surface area contributed by atoms with Gasteiger partial charge in [-0.05, 0) is 12.3 Å². The van der Waals surface area contributed by atoms with Crippen LogP contribution < -0.4 is 0 Å². The van der Waals surface area contributed by atoms with E-state index in [1.165, 1.54) is 0 Å². The van der Waals surface area contributed by atoms with Crippen molar-refractivity contribution in [2.75, 3.05) is 0 Å². The Hall–Kier alpha value is -1.16. The highest BCUT2D eigenvalue weighted by atomic mass is 32.1. The predicted octanol–water partition coefficient (Wildman–Crippen LogP) is 1.80. The predicted molar refractivity (Wildman–Crippen MR) is 53.2 cm³/mol. The summed E-state index contributed by atoms with van der Waals surface area (Å²) in [6.07, 6.45) is 6.58. The molecule has 3 nitrogen and oxygen atoms in total. The second kappa shape index (κ2) is 4.66. The first-order valence-electron chi connectivity index (χ1n) is 3.48. The van der Waals surface area contributed by atoms with Crippen molar-refractivity contribution in [2.24, 2.45) is 4.99 Å². The van der Waals surface area contributed by atoms with E-state index in [4.69, 9.17) is 0 Å². The van der Waals surface area contributed by atoms with Crippen LogP contribution in [0.25, 0.3) is 5.70 Å². The molecule has 62 valence electrons. The average Bonchev–Trinajstić information content (AvgIpc) is 2.15. The average molecular weight is 179 g/mol. The lowest BCUT2D eigenvalue weighted by molar-refractivity contribution is 1.16. The first kappa shape index (κ1) is 8.93. The summed E-state index contributed by atoms with van der Waals surface area (Å²) in [5, 5.41) is 1.60. The molecule has 0 bridgehead atoms. The summed E-state index contributed by atoms with van der Waals surface area (Å²) in [7, 11) is 0. The van der Waals surface area contributed by atoms with Gasteiger partial charge in [-0.25, -0.2) is 0 Å². The normalized spacial score (nSPS) is 12.3. The number of hydrogen-bond acceptors (Lipinski definition) is 4. The van der Waals surface area contributed by atoms with E-state index in [2.05, 4.69) is 27.6 Å². The van der Waals surface area contributed by atoms with Crippen molar-refractivity contribution in [1.82, 2.24) is 9.97 Å². The van der Waals surface area contributed by atoms with Crippen molar-refractivity contribution in [2.45, 2.75) is 6.92 Å². The van der Waals surface area contributed by atoms with Crippen molar-refractivity contribution < 1.29 is 0 Å². The Morgan fingerprint density at radius 3 is 2.92 bits per heavy atom. The Bertz CT molecular complexity index is 292. The summed E-state index contributed by atoms with van der Waals surface area (Å²) in [4.78, 5) is 12.1. The lowest BCUT2D eigenvalue weighted by Gasteiger charge is -1.96. The molecule has 1 aromatic rings. The maximum atomic E-state index is 4.08. The molecule has 0 radical (unpaired) electrons. The van der Waals surface area contributed by atoms with Gasteiger partial charge in [0.15, 0.2) is 0 Å². The van der Waals surface area contributed by atoms with Gasteiger partial charge in [0.05, 0.1) is 11.9 Å². The fraction of sp³-hybridized carbons (Fsp3) is 0.125. The van der Waals surface area contributed by atoms with Crippen LogP contribution >= 0.6 is 12.6 Å². The molecule has 0 aliphatic rings. The molecular weight excluding hydrogens is 170 g/mol. The molecule has 1 aromatic heterocycles. The second-order valence-electron chi connectivity index (χ2n) is 1.99. The third kappa shape index (κ3) is 2.17. The summed E-state index contributed by atoms with van der Waals surface area (Å²) in [5.41, 5.74) is 1.44. The van der Waals surface area contributed by atoms with E-state index < -0.39 is 0 Å². The molecule has 0 saturated carbocycles. The minimum Gasteiger partial charge on any atom is -0.261 e. The molecule has 0 aromatic carbocycles. The van der Waals surface area contributed by atoms with Gasteiger partial charge in [-0.3, -0.25) is 15.0 Å². The maximum absolute atomic E-state index is 4.08. The van der Waals surface area contributed by atoms with E-state index in [1.807, 2.05) is 6.92 Å². The van der Waals surface area contributed by atoms with Crippen LogP contribution in [0, 0.1) is 0 Å². The van der Waals surface area contributed by atoms with E-state index >= 15 is 0 Å². The zero-order chi connectivity index (χ0) is 8.81. The third-order valence-corrected chi connectivity index (χ3v) is 1.46. The standard InChI is InChI=1S/C8H9N3S/c1-2-10-8(6-12)7-5-9-3-4-11-7/h2-6,12H,1H3/b8-6-,10-2?. The van der Waals surface area contributed by atoms with Gasteiger partial charge >= 0.3 is 0 Å². The highest BCUT2D eigenvalue weighted by Gasteiger charge is 1.97. The summed E-state index contributed by atoms with van der Waals surface area (Å²) in [6.45, 7) is 1.84. The number of hydrogen-bond donors (Lipinski definition) is 1. The molecule has 0 unspecified atom stereocenters. The van der Waals surface area contributed by atoms with Crippen LogP contribution in [-0.4, -0.2) is 16.2 Å². The fourth-order valence-electron chi connectivity index (χ4n) is 0.736. The van der Waals surface area contributed by atoms with Crippen molar-refractivity contribution in [3.05, 3.63) is 29.7 Å². The zero-order valence-corrected chi connectivity index (χ0v) is 7.57. The largest absolute Gasteiger partial charge is 0.261 e.